The summed E-state index contributed by atoms with van der Waals surface area (Å²) in [5.41, 5.74) is 2.72. The molecule has 0 unspecified atom stereocenters. The number of nitrogens with zero attached hydrogens (tertiary/aromatic N) is 2. The van der Waals surface area contributed by atoms with Crippen LogP contribution in [-0.4, -0.2) is 54.1 Å². The summed E-state index contributed by atoms with van der Waals surface area (Å²) >= 11 is 1.97. The van der Waals surface area contributed by atoms with Gasteiger partial charge in [-0.25, -0.2) is 4.79 Å². The fraction of sp³-hybridized carbons (Fsp3) is 0.381. The molecule has 0 aliphatic carbocycles. The number of halogens is 2. The monoisotopic (exact) mass is 421 g/mol. The van der Waals surface area contributed by atoms with Crippen molar-refractivity contribution in [3.63, 3.8) is 0 Å². The predicted molar refractivity (Wildman–Crippen MR) is 113 cm³/mol. The molecule has 0 saturated carbocycles. The highest BCUT2D eigenvalue weighted by atomic mass is 32.2. The van der Waals surface area contributed by atoms with E-state index in [4.69, 9.17) is 0 Å². The molecule has 2 aromatic carbocycles. The van der Waals surface area contributed by atoms with Gasteiger partial charge in [-0.05, 0) is 29.3 Å². The van der Waals surface area contributed by atoms with Crippen LogP contribution in [0.3, 0.4) is 0 Å². The number of urea groups is 1. The first-order chi connectivity index (χ1) is 14.0. The van der Waals surface area contributed by atoms with Crippen LogP contribution < -0.4 is 10.1 Å². The number of hydrogen-bond donors (Lipinski definition) is 1. The number of hydrogen-bond acceptors (Lipinski definition) is 4. The van der Waals surface area contributed by atoms with Crippen LogP contribution in [0.2, 0.25) is 0 Å². The maximum atomic E-state index is 12.6. The standard InChI is InChI=1S/C21H25F2N3O2S/c1-25(14-16-6-8-18(9-7-16)28-20(22)23)21(27)24-19-5-3-2-4-17(19)15-26-10-12-29-13-11-26/h2-9,20H,10-15H2,1H3,(H,24,27). The summed E-state index contributed by atoms with van der Waals surface area (Å²) in [7, 11) is 1.70. The second-order valence-electron chi connectivity index (χ2n) is 6.85. The zero-order chi connectivity index (χ0) is 20.6. The quantitative estimate of drug-likeness (QED) is 0.715. The summed E-state index contributed by atoms with van der Waals surface area (Å²) in [5, 5.41) is 2.99. The summed E-state index contributed by atoms with van der Waals surface area (Å²) in [6.45, 7) is 0.424. The molecule has 0 atom stereocenters. The van der Waals surface area contributed by atoms with Crippen LogP contribution >= 0.6 is 11.8 Å². The van der Waals surface area contributed by atoms with E-state index in [1.54, 1.807) is 24.1 Å². The Kier molecular flexibility index (Phi) is 7.71. The van der Waals surface area contributed by atoms with Crippen LogP contribution in [-0.2, 0) is 13.1 Å². The normalized spacial score (nSPS) is 14.6. The zero-order valence-corrected chi connectivity index (χ0v) is 17.1. The molecule has 5 nitrogen and oxygen atoms in total. The van der Waals surface area contributed by atoms with E-state index in [0.29, 0.717) is 6.54 Å². The van der Waals surface area contributed by atoms with E-state index in [0.717, 1.165) is 48.0 Å². The van der Waals surface area contributed by atoms with Crippen LogP contribution in [0, 0.1) is 0 Å². The first-order valence-corrected chi connectivity index (χ1v) is 10.6. The number of carbonyl (C=O) groups is 1. The third-order valence-corrected chi connectivity index (χ3v) is 5.61. The Hall–Kier alpha value is -2.32. The third kappa shape index (κ3) is 6.61. The fourth-order valence-corrected chi connectivity index (χ4v) is 4.09. The molecule has 29 heavy (non-hydrogen) atoms. The van der Waals surface area contributed by atoms with Crippen molar-refractivity contribution in [3.05, 3.63) is 59.7 Å². The molecule has 1 fully saturated rings. The number of alkyl halides is 2. The number of nitrogens with one attached hydrogen (secondary N) is 1. The number of thioether (sulfide) groups is 1. The SMILES string of the molecule is CN(Cc1ccc(OC(F)F)cc1)C(=O)Nc1ccccc1CN1CCSCC1. The number of amides is 2. The van der Waals surface area contributed by atoms with Gasteiger partial charge in [0.05, 0.1) is 0 Å². The third-order valence-electron chi connectivity index (χ3n) is 4.67. The van der Waals surface area contributed by atoms with E-state index in [2.05, 4.69) is 15.0 Å². The fourth-order valence-electron chi connectivity index (χ4n) is 3.11. The van der Waals surface area contributed by atoms with Gasteiger partial charge in [0.1, 0.15) is 5.75 Å². The van der Waals surface area contributed by atoms with E-state index in [1.165, 1.54) is 12.1 Å². The van der Waals surface area contributed by atoms with Crippen molar-refractivity contribution in [2.24, 2.45) is 0 Å². The van der Waals surface area contributed by atoms with Crippen LogP contribution in [0.1, 0.15) is 11.1 Å². The minimum atomic E-state index is -2.85. The molecular formula is C21H25F2N3O2S. The largest absolute Gasteiger partial charge is 0.435 e. The average Bonchev–Trinajstić information content (AvgIpc) is 2.71. The smallest absolute Gasteiger partial charge is 0.387 e. The van der Waals surface area contributed by atoms with Gasteiger partial charge in [-0.1, -0.05) is 30.3 Å². The Balaban J connectivity index is 1.58. The van der Waals surface area contributed by atoms with Gasteiger partial charge in [0.2, 0.25) is 0 Å². The van der Waals surface area contributed by atoms with Gasteiger partial charge in [-0.3, -0.25) is 4.90 Å². The lowest BCUT2D eigenvalue weighted by atomic mass is 10.1. The van der Waals surface area contributed by atoms with E-state index in [9.17, 15) is 13.6 Å². The minimum absolute atomic E-state index is 0.0981. The molecule has 0 spiro atoms. The van der Waals surface area contributed by atoms with E-state index in [-0.39, 0.29) is 11.8 Å². The molecule has 1 aliphatic heterocycles. The van der Waals surface area contributed by atoms with Crippen LogP contribution in [0.4, 0.5) is 19.3 Å². The summed E-state index contributed by atoms with van der Waals surface area (Å²) in [4.78, 5) is 16.6. The maximum Gasteiger partial charge on any atom is 0.387 e. The lowest BCUT2D eigenvalue weighted by molar-refractivity contribution is -0.0498. The Bertz CT molecular complexity index is 799. The number of benzene rings is 2. The lowest BCUT2D eigenvalue weighted by Gasteiger charge is -2.27. The number of anilines is 1. The Morgan fingerprint density at radius 3 is 2.55 bits per heavy atom. The van der Waals surface area contributed by atoms with Crippen LogP contribution in [0.5, 0.6) is 5.75 Å². The molecule has 0 aromatic heterocycles. The molecule has 1 heterocycles. The number of ether oxygens (including phenoxy) is 1. The highest BCUT2D eigenvalue weighted by Crippen LogP contribution is 2.21. The summed E-state index contributed by atoms with van der Waals surface area (Å²) < 4.78 is 28.8. The van der Waals surface area contributed by atoms with Crippen molar-refractivity contribution < 1.29 is 18.3 Å². The van der Waals surface area contributed by atoms with Crippen LogP contribution in [0.15, 0.2) is 48.5 Å². The van der Waals surface area contributed by atoms with Gasteiger partial charge in [-0.2, -0.15) is 20.5 Å². The molecule has 1 N–H and O–H groups in total. The minimum Gasteiger partial charge on any atom is -0.435 e. The van der Waals surface area contributed by atoms with E-state index >= 15 is 0 Å². The summed E-state index contributed by atoms with van der Waals surface area (Å²) in [6.07, 6.45) is 0. The molecule has 1 aliphatic rings. The second kappa shape index (κ2) is 10.5. The Labute approximate surface area is 174 Å². The van der Waals surface area contributed by atoms with Gasteiger partial charge in [0.25, 0.3) is 0 Å². The first kappa shape index (κ1) is 21.4. The second-order valence-corrected chi connectivity index (χ2v) is 8.08. The van der Waals surface area contributed by atoms with Crippen molar-refractivity contribution in [1.29, 1.82) is 0 Å². The Morgan fingerprint density at radius 1 is 1.17 bits per heavy atom. The number of carbonyl (C=O) groups excluding carboxylic acids is 1. The van der Waals surface area contributed by atoms with Crippen molar-refractivity contribution in [2.75, 3.05) is 37.0 Å². The van der Waals surface area contributed by atoms with Gasteiger partial charge in [0.15, 0.2) is 0 Å². The highest BCUT2D eigenvalue weighted by molar-refractivity contribution is 7.99. The van der Waals surface area contributed by atoms with Gasteiger partial charge in [0, 0.05) is 50.4 Å². The molecule has 156 valence electrons. The molecule has 0 radical (unpaired) electrons. The molecule has 2 amide bonds. The van der Waals surface area contributed by atoms with Gasteiger partial charge in [-0.15, -0.1) is 0 Å². The molecule has 2 aromatic rings. The van der Waals surface area contributed by atoms with E-state index < -0.39 is 6.61 Å². The van der Waals surface area contributed by atoms with Crippen molar-refractivity contribution in [3.8, 4) is 5.75 Å². The van der Waals surface area contributed by atoms with Crippen LogP contribution in [0.25, 0.3) is 0 Å². The van der Waals surface area contributed by atoms with Crippen molar-refractivity contribution >= 4 is 23.5 Å². The van der Waals surface area contributed by atoms with Crippen molar-refractivity contribution in [2.45, 2.75) is 19.7 Å². The zero-order valence-electron chi connectivity index (χ0n) is 16.3. The number of rotatable bonds is 7. The maximum absolute atomic E-state index is 12.6. The molecule has 3 rings (SSSR count). The molecular weight excluding hydrogens is 396 g/mol. The first-order valence-electron chi connectivity index (χ1n) is 9.45. The van der Waals surface area contributed by atoms with Gasteiger partial charge < -0.3 is 15.0 Å². The molecule has 8 heteroatoms. The van der Waals surface area contributed by atoms with E-state index in [1.807, 2.05) is 36.0 Å². The molecule has 0 bridgehead atoms. The summed E-state index contributed by atoms with van der Waals surface area (Å²) in [5.74, 6) is 2.37. The van der Waals surface area contributed by atoms with Crippen molar-refractivity contribution in [1.82, 2.24) is 9.80 Å². The Morgan fingerprint density at radius 2 is 1.86 bits per heavy atom. The predicted octanol–water partition coefficient (Wildman–Crippen LogP) is 4.50. The number of para-hydroxylation sites is 1. The summed E-state index contributed by atoms with van der Waals surface area (Å²) in [6, 6.07) is 13.9. The highest BCUT2D eigenvalue weighted by Gasteiger charge is 2.15. The molecule has 1 saturated heterocycles. The topological polar surface area (TPSA) is 44.8 Å². The van der Waals surface area contributed by atoms with Gasteiger partial charge >= 0.3 is 12.6 Å². The lowest BCUT2D eigenvalue weighted by Crippen LogP contribution is -2.33. The average molecular weight is 422 g/mol.